The second-order valence-corrected chi connectivity index (χ2v) is 6.40. The van der Waals surface area contributed by atoms with E-state index < -0.39 is 24.2 Å². The van der Waals surface area contributed by atoms with Gasteiger partial charge in [0, 0.05) is 13.1 Å². The van der Waals surface area contributed by atoms with Crippen LogP contribution in [0.15, 0.2) is 0 Å². The number of alkyl halides is 6. The Morgan fingerprint density at radius 1 is 0.481 bits per heavy atom. The molecule has 0 fully saturated rings. The Labute approximate surface area is 155 Å². The van der Waals surface area contributed by atoms with Crippen LogP contribution in [0.5, 0.6) is 0 Å². The number of carbonyl (C=O) groups is 2. The van der Waals surface area contributed by atoms with Crippen molar-refractivity contribution < 1.29 is 35.9 Å². The zero-order valence-corrected chi connectivity index (χ0v) is 15.3. The van der Waals surface area contributed by atoms with E-state index in [0.717, 1.165) is 57.8 Å². The number of carbonyl (C=O) groups excluding carboxylic acids is 2. The van der Waals surface area contributed by atoms with Gasteiger partial charge in [0.2, 0.25) is 0 Å². The van der Waals surface area contributed by atoms with Gasteiger partial charge in [-0.2, -0.15) is 26.3 Å². The number of hydrogen-bond donors (Lipinski definition) is 2. The number of amides is 2. The molecule has 0 atom stereocenters. The van der Waals surface area contributed by atoms with Gasteiger partial charge in [-0.1, -0.05) is 57.8 Å². The van der Waals surface area contributed by atoms with Crippen LogP contribution in [-0.4, -0.2) is 37.3 Å². The molecule has 2 N–H and O–H groups in total. The van der Waals surface area contributed by atoms with Gasteiger partial charge >= 0.3 is 24.2 Å². The van der Waals surface area contributed by atoms with Crippen LogP contribution in [-0.2, 0) is 9.59 Å². The highest BCUT2D eigenvalue weighted by molar-refractivity contribution is 5.81. The molecular weight excluding hydrogens is 378 g/mol. The van der Waals surface area contributed by atoms with E-state index in [9.17, 15) is 35.9 Å². The highest BCUT2D eigenvalue weighted by Crippen LogP contribution is 2.15. The first-order valence-electron chi connectivity index (χ1n) is 9.25. The van der Waals surface area contributed by atoms with Gasteiger partial charge in [0.15, 0.2) is 0 Å². The van der Waals surface area contributed by atoms with E-state index in [1.165, 1.54) is 0 Å². The van der Waals surface area contributed by atoms with E-state index in [0.29, 0.717) is 12.8 Å². The van der Waals surface area contributed by atoms with Gasteiger partial charge in [-0.05, 0) is 12.8 Å². The summed E-state index contributed by atoms with van der Waals surface area (Å²) in [6.45, 7) is 0.0591. The lowest BCUT2D eigenvalue weighted by Crippen LogP contribution is -2.37. The molecule has 27 heavy (non-hydrogen) atoms. The smallest absolute Gasteiger partial charge is 0.348 e. The van der Waals surface area contributed by atoms with E-state index in [-0.39, 0.29) is 13.1 Å². The third kappa shape index (κ3) is 15.3. The van der Waals surface area contributed by atoms with E-state index in [1.807, 2.05) is 10.6 Å². The third-order valence-corrected chi connectivity index (χ3v) is 3.94. The fraction of sp³-hybridized carbons (Fsp3) is 0.882. The summed E-state index contributed by atoms with van der Waals surface area (Å²) in [6, 6.07) is 0. The molecule has 0 aliphatic carbocycles. The number of rotatable bonds is 14. The van der Waals surface area contributed by atoms with Gasteiger partial charge in [0.1, 0.15) is 0 Å². The Hall–Kier alpha value is -1.48. The van der Waals surface area contributed by atoms with Crippen molar-refractivity contribution in [2.45, 2.75) is 83.0 Å². The average Bonchev–Trinajstić information content (AvgIpc) is 2.56. The molecular formula is C17H28F6N2O2. The summed E-state index contributed by atoms with van der Waals surface area (Å²) in [7, 11) is 0. The molecule has 0 saturated heterocycles. The van der Waals surface area contributed by atoms with Gasteiger partial charge in [-0.3, -0.25) is 9.59 Å². The molecule has 0 aliphatic rings. The van der Waals surface area contributed by atoms with Crippen molar-refractivity contribution in [3.05, 3.63) is 0 Å². The van der Waals surface area contributed by atoms with Gasteiger partial charge in [-0.25, -0.2) is 0 Å². The third-order valence-electron chi connectivity index (χ3n) is 3.94. The van der Waals surface area contributed by atoms with Crippen molar-refractivity contribution >= 4 is 11.8 Å². The number of unbranched alkanes of at least 4 members (excludes halogenated alkanes) is 10. The Kier molecular flexibility index (Phi) is 12.9. The summed E-state index contributed by atoms with van der Waals surface area (Å²) >= 11 is 0. The van der Waals surface area contributed by atoms with E-state index in [2.05, 4.69) is 0 Å². The van der Waals surface area contributed by atoms with Gasteiger partial charge < -0.3 is 10.6 Å². The molecule has 0 spiro atoms. The molecule has 0 aliphatic heterocycles. The van der Waals surface area contributed by atoms with Crippen molar-refractivity contribution in [3.63, 3.8) is 0 Å². The summed E-state index contributed by atoms with van der Waals surface area (Å²) < 4.78 is 71.5. The van der Waals surface area contributed by atoms with Gasteiger partial charge in [0.05, 0.1) is 0 Å². The molecule has 10 heteroatoms. The molecule has 0 radical (unpaired) electrons. The molecule has 0 saturated carbocycles. The van der Waals surface area contributed by atoms with Crippen LogP contribution in [0.3, 0.4) is 0 Å². The second-order valence-electron chi connectivity index (χ2n) is 6.40. The second kappa shape index (κ2) is 13.7. The predicted octanol–water partition coefficient (Wildman–Crippen LogP) is 4.63. The van der Waals surface area contributed by atoms with Crippen LogP contribution in [0.1, 0.15) is 70.6 Å². The van der Waals surface area contributed by atoms with Crippen molar-refractivity contribution in [2.24, 2.45) is 0 Å². The number of halogens is 6. The zero-order chi connectivity index (χ0) is 20.8. The maximum absolute atomic E-state index is 11.9. The maximum Gasteiger partial charge on any atom is 0.471 e. The maximum atomic E-state index is 11.9. The fourth-order valence-corrected chi connectivity index (χ4v) is 2.45. The Balaban J connectivity index is 3.26. The molecule has 2 amide bonds. The normalized spacial score (nSPS) is 12.1. The number of nitrogens with one attached hydrogen (secondary N) is 2. The Bertz CT molecular complexity index is 387. The van der Waals surface area contributed by atoms with Crippen molar-refractivity contribution in [1.29, 1.82) is 0 Å². The van der Waals surface area contributed by atoms with Crippen molar-refractivity contribution in [1.82, 2.24) is 10.6 Å². The molecule has 0 bridgehead atoms. The monoisotopic (exact) mass is 406 g/mol. The molecule has 0 rings (SSSR count). The zero-order valence-electron chi connectivity index (χ0n) is 15.3. The fourth-order valence-electron chi connectivity index (χ4n) is 2.45. The average molecular weight is 406 g/mol. The first-order valence-corrected chi connectivity index (χ1v) is 9.25. The first kappa shape index (κ1) is 25.5. The first-order chi connectivity index (χ1) is 12.5. The minimum Gasteiger partial charge on any atom is -0.348 e. The molecule has 0 heterocycles. The summed E-state index contributed by atoms with van der Waals surface area (Å²) in [5, 5.41) is 3.67. The number of hydrogen-bond acceptors (Lipinski definition) is 2. The summed E-state index contributed by atoms with van der Waals surface area (Å²) in [5.74, 6) is -3.80. The van der Waals surface area contributed by atoms with Crippen molar-refractivity contribution in [2.75, 3.05) is 13.1 Å². The Morgan fingerprint density at radius 3 is 0.926 bits per heavy atom. The van der Waals surface area contributed by atoms with Crippen LogP contribution in [0.4, 0.5) is 26.3 Å². The molecule has 4 nitrogen and oxygen atoms in total. The van der Waals surface area contributed by atoms with Crippen LogP contribution >= 0.6 is 0 Å². The van der Waals surface area contributed by atoms with Gasteiger partial charge in [0.25, 0.3) is 0 Å². The lowest BCUT2D eigenvalue weighted by atomic mass is 10.1. The van der Waals surface area contributed by atoms with Gasteiger partial charge in [-0.15, -0.1) is 0 Å². The van der Waals surface area contributed by atoms with Crippen LogP contribution in [0.25, 0.3) is 0 Å². The van der Waals surface area contributed by atoms with Crippen molar-refractivity contribution in [3.8, 4) is 0 Å². The Morgan fingerprint density at radius 2 is 0.704 bits per heavy atom. The summed E-state index contributed by atoms with van der Waals surface area (Å²) in [4.78, 5) is 21.1. The van der Waals surface area contributed by atoms with E-state index in [1.54, 1.807) is 0 Å². The lowest BCUT2D eigenvalue weighted by Gasteiger charge is -2.08. The van der Waals surface area contributed by atoms with E-state index >= 15 is 0 Å². The topological polar surface area (TPSA) is 58.2 Å². The minimum atomic E-state index is -4.82. The highest BCUT2D eigenvalue weighted by Gasteiger charge is 2.38. The summed E-state index contributed by atoms with van der Waals surface area (Å²) in [6.07, 6.45) is -0.214. The lowest BCUT2D eigenvalue weighted by molar-refractivity contribution is -0.173. The van der Waals surface area contributed by atoms with Crippen LogP contribution < -0.4 is 10.6 Å². The standard InChI is InChI=1S/C17H28F6N2O2/c18-16(19,20)14(26)24-12-10-8-6-4-2-1-3-5-7-9-11-13-25-15(27)17(21,22)23/h1-13H2,(H,24,26)(H,25,27). The molecule has 160 valence electrons. The molecule has 0 aromatic rings. The molecule has 0 aromatic carbocycles. The van der Waals surface area contributed by atoms with E-state index in [4.69, 9.17) is 0 Å². The van der Waals surface area contributed by atoms with Crippen LogP contribution in [0.2, 0.25) is 0 Å². The van der Waals surface area contributed by atoms with Crippen LogP contribution in [0, 0.1) is 0 Å². The SMILES string of the molecule is O=C(NCCCCCCCCCCCCCNC(=O)C(F)(F)F)C(F)(F)F. The molecule has 0 aromatic heterocycles. The largest absolute Gasteiger partial charge is 0.471 e. The predicted molar refractivity (Wildman–Crippen MR) is 88.9 cm³/mol. The quantitative estimate of drug-likeness (QED) is 0.326. The summed E-state index contributed by atoms with van der Waals surface area (Å²) in [5.41, 5.74) is 0. The molecule has 0 unspecified atom stereocenters. The highest BCUT2D eigenvalue weighted by atomic mass is 19.4. The minimum absolute atomic E-state index is 0.0295.